The van der Waals surface area contributed by atoms with Crippen molar-refractivity contribution in [2.45, 2.75) is 31.4 Å². The average Bonchev–Trinajstić information content (AvgIpc) is 2.84. The fourth-order valence-corrected chi connectivity index (χ4v) is 3.20. The average molecular weight is 282 g/mol. The van der Waals surface area contributed by atoms with E-state index in [9.17, 15) is 4.79 Å². The van der Waals surface area contributed by atoms with Crippen LogP contribution in [-0.4, -0.2) is 41.1 Å². The summed E-state index contributed by atoms with van der Waals surface area (Å²) in [5, 5.41) is 0.250. The SMILES string of the molecule is Nc1cc(C(=O)N2CCOC3CCCC32)cc(Cl)n1. The predicted molar refractivity (Wildman–Crippen MR) is 72.1 cm³/mol. The summed E-state index contributed by atoms with van der Waals surface area (Å²) in [6, 6.07) is 3.34. The van der Waals surface area contributed by atoms with E-state index in [4.69, 9.17) is 22.1 Å². The van der Waals surface area contributed by atoms with Crippen LogP contribution in [0, 0.1) is 0 Å². The second kappa shape index (κ2) is 4.98. The summed E-state index contributed by atoms with van der Waals surface area (Å²) in [6.45, 7) is 1.22. The van der Waals surface area contributed by atoms with Crippen LogP contribution in [0.1, 0.15) is 29.6 Å². The number of rotatable bonds is 1. The maximum absolute atomic E-state index is 12.6. The van der Waals surface area contributed by atoms with Gasteiger partial charge in [-0.2, -0.15) is 0 Å². The first-order valence-corrected chi connectivity index (χ1v) is 6.88. The number of aromatic nitrogens is 1. The van der Waals surface area contributed by atoms with E-state index < -0.39 is 0 Å². The van der Waals surface area contributed by atoms with Crippen LogP contribution < -0.4 is 5.73 Å². The van der Waals surface area contributed by atoms with Crippen molar-refractivity contribution >= 4 is 23.3 Å². The van der Waals surface area contributed by atoms with Crippen LogP contribution in [0.4, 0.5) is 5.82 Å². The highest BCUT2D eigenvalue weighted by atomic mass is 35.5. The summed E-state index contributed by atoms with van der Waals surface area (Å²) >= 11 is 5.86. The molecule has 1 amide bonds. The highest BCUT2D eigenvalue weighted by Crippen LogP contribution is 2.30. The van der Waals surface area contributed by atoms with Crippen molar-refractivity contribution in [3.8, 4) is 0 Å². The molecule has 6 heteroatoms. The van der Waals surface area contributed by atoms with Crippen LogP contribution in [0.5, 0.6) is 0 Å². The number of hydrogen-bond acceptors (Lipinski definition) is 4. The van der Waals surface area contributed by atoms with Crippen LogP contribution in [0.2, 0.25) is 5.15 Å². The molecule has 0 bridgehead atoms. The van der Waals surface area contributed by atoms with Gasteiger partial charge < -0.3 is 15.4 Å². The van der Waals surface area contributed by atoms with Gasteiger partial charge in [-0.25, -0.2) is 4.98 Å². The lowest BCUT2D eigenvalue weighted by Gasteiger charge is -2.37. The molecule has 2 fully saturated rings. The van der Waals surface area contributed by atoms with Gasteiger partial charge in [0.15, 0.2) is 0 Å². The van der Waals surface area contributed by atoms with Crippen molar-refractivity contribution < 1.29 is 9.53 Å². The molecule has 19 heavy (non-hydrogen) atoms. The number of anilines is 1. The molecule has 1 saturated carbocycles. The molecule has 1 saturated heterocycles. The molecular weight excluding hydrogens is 266 g/mol. The van der Waals surface area contributed by atoms with Gasteiger partial charge in [-0.05, 0) is 31.4 Å². The number of halogens is 1. The molecule has 1 aromatic heterocycles. The summed E-state index contributed by atoms with van der Waals surface area (Å²) < 4.78 is 5.71. The van der Waals surface area contributed by atoms with E-state index in [0.717, 1.165) is 19.3 Å². The normalized spacial score (nSPS) is 26.3. The minimum Gasteiger partial charge on any atom is -0.384 e. The third kappa shape index (κ3) is 2.40. The molecule has 2 atom stereocenters. The van der Waals surface area contributed by atoms with Gasteiger partial charge in [-0.1, -0.05) is 11.6 Å². The van der Waals surface area contributed by atoms with Crippen LogP contribution in [0.25, 0.3) is 0 Å². The Kier molecular flexibility index (Phi) is 3.33. The monoisotopic (exact) mass is 281 g/mol. The Labute approximate surface area is 116 Å². The van der Waals surface area contributed by atoms with E-state index in [1.807, 2.05) is 4.90 Å². The summed E-state index contributed by atoms with van der Waals surface area (Å²) in [4.78, 5) is 18.3. The van der Waals surface area contributed by atoms with Gasteiger partial charge >= 0.3 is 0 Å². The van der Waals surface area contributed by atoms with E-state index in [0.29, 0.717) is 18.7 Å². The van der Waals surface area contributed by atoms with Crippen LogP contribution in [0.15, 0.2) is 12.1 Å². The van der Waals surface area contributed by atoms with Crippen LogP contribution in [0.3, 0.4) is 0 Å². The van der Waals surface area contributed by atoms with Gasteiger partial charge in [0.2, 0.25) is 0 Å². The van der Waals surface area contributed by atoms with Crippen LogP contribution >= 0.6 is 11.6 Å². The van der Waals surface area contributed by atoms with Crippen molar-refractivity contribution in [1.29, 1.82) is 0 Å². The Morgan fingerprint density at radius 3 is 3.11 bits per heavy atom. The first-order chi connectivity index (χ1) is 9.15. The second-order valence-corrected chi connectivity index (χ2v) is 5.40. The van der Waals surface area contributed by atoms with Gasteiger partial charge in [0.1, 0.15) is 11.0 Å². The lowest BCUT2D eigenvalue weighted by Crippen LogP contribution is -2.51. The fraction of sp³-hybridized carbons (Fsp3) is 0.538. The number of carbonyl (C=O) groups excluding carboxylic acids is 1. The number of hydrogen-bond donors (Lipinski definition) is 1. The number of amides is 1. The zero-order valence-corrected chi connectivity index (χ0v) is 11.3. The number of nitrogens with two attached hydrogens (primary N) is 1. The smallest absolute Gasteiger partial charge is 0.254 e. The van der Waals surface area contributed by atoms with E-state index >= 15 is 0 Å². The van der Waals surface area contributed by atoms with Gasteiger partial charge in [0.05, 0.1) is 18.8 Å². The summed E-state index contributed by atoms with van der Waals surface area (Å²) in [5.74, 6) is 0.239. The molecule has 2 unspecified atom stereocenters. The van der Waals surface area contributed by atoms with Crippen LogP contribution in [-0.2, 0) is 4.74 Å². The number of nitrogen functional groups attached to an aromatic ring is 1. The van der Waals surface area contributed by atoms with E-state index in [-0.39, 0.29) is 29.0 Å². The molecular formula is C13H16ClN3O2. The Bertz CT molecular complexity index is 488. The molecule has 2 aliphatic rings. The molecule has 1 aromatic rings. The first kappa shape index (κ1) is 12.7. The quantitative estimate of drug-likeness (QED) is 0.796. The Morgan fingerprint density at radius 2 is 2.32 bits per heavy atom. The van der Waals surface area contributed by atoms with E-state index in [1.54, 1.807) is 12.1 Å². The molecule has 5 nitrogen and oxygen atoms in total. The predicted octanol–water partition coefficient (Wildman–Crippen LogP) is 1.71. The lowest BCUT2D eigenvalue weighted by molar-refractivity contribution is -0.0445. The zero-order chi connectivity index (χ0) is 13.4. The largest absolute Gasteiger partial charge is 0.384 e. The maximum atomic E-state index is 12.6. The van der Waals surface area contributed by atoms with Crippen molar-refractivity contribution in [2.75, 3.05) is 18.9 Å². The molecule has 0 radical (unpaired) electrons. The third-order valence-electron chi connectivity index (χ3n) is 3.80. The molecule has 2 heterocycles. The maximum Gasteiger partial charge on any atom is 0.254 e. The van der Waals surface area contributed by atoms with E-state index in [2.05, 4.69) is 4.98 Å². The standard InChI is InChI=1S/C13H16ClN3O2/c14-11-6-8(7-12(15)16-11)13(18)17-4-5-19-10-3-1-2-9(10)17/h6-7,9-10H,1-5H2,(H2,15,16). The molecule has 3 rings (SSSR count). The molecule has 0 aromatic carbocycles. The summed E-state index contributed by atoms with van der Waals surface area (Å²) in [6.07, 6.45) is 3.34. The molecule has 0 spiro atoms. The Hall–Kier alpha value is -1.33. The van der Waals surface area contributed by atoms with Crippen molar-refractivity contribution in [3.63, 3.8) is 0 Å². The van der Waals surface area contributed by atoms with Gasteiger partial charge in [0.25, 0.3) is 5.91 Å². The van der Waals surface area contributed by atoms with Crippen molar-refractivity contribution in [1.82, 2.24) is 9.88 Å². The number of morpholine rings is 1. The lowest BCUT2D eigenvalue weighted by atomic mass is 10.1. The van der Waals surface area contributed by atoms with Gasteiger partial charge in [0, 0.05) is 12.1 Å². The number of nitrogens with zero attached hydrogens (tertiary/aromatic N) is 2. The van der Waals surface area contributed by atoms with Crippen molar-refractivity contribution in [2.24, 2.45) is 0 Å². The Morgan fingerprint density at radius 1 is 1.47 bits per heavy atom. The third-order valence-corrected chi connectivity index (χ3v) is 4.00. The minimum atomic E-state index is -0.0313. The second-order valence-electron chi connectivity index (χ2n) is 5.01. The Balaban J connectivity index is 1.86. The molecule has 2 N–H and O–H groups in total. The summed E-state index contributed by atoms with van der Waals surface area (Å²) in [7, 11) is 0. The topological polar surface area (TPSA) is 68.5 Å². The number of fused-ring (bicyclic) bond motifs is 1. The fourth-order valence-electron chi connectivity index (χ4n) is 2.98. The van der Waals surface area contributed by atoms with Crippen molar-refractivity contribution in [3.05, 3.63) is 22.8 Å². The minimum absolute atomic E-state index is 0.0313. The van der Waals surface area contributed by atoms with Gasteiger partial charge in [-0.3, -0.25) is 4.79 Å². The summed E-state index contributed by atoms with van der Waals surface area (Å²) in [5.41, 5.74) is 6.15. The number of carbonyl (C=O) groups is 1. The highest BCUT2D eigenvalue weighted by molar-refractivity contribution is 6.29. The molecule has 102 valence electrons. The van der Waals surface area contributed by atoms with Gasteiger partial charge in [-0.15, -0.1) is 0 Å². The number of pyridine rings is 1. The molecule has 1 aliphatic heterocycles. The number of ether oxygens (including phenoxy) is 1. The zero-order valence-electron chi connectivity index (χ0n) is 10.5. The first-order valence-electron chi connectivity index (χ1n) is 6.51. The molecule has 1 aliphatic carbocycles. The highest BCUT2D eigenvalue weighted by Gasteiger charge is 2.38. The van der Waals surface area contributed by atoms with E-state index in [1.165, 1.54) is 0 Å².